The number of unbranched alkanes of at least 4 members (excludes halogenated alkanes) is 7. The molecule has 1 nitrogen and oxygen atoms in total. The summed E-state index contributed by atoms with van der Waals surface area (Å²) >= 11 is 12.0. The minimum Gasteiger partial charge on any atom is -0.314 e. The highest BCUT2D eigenvalue weighted by Crippen LogP contribution is 2.44. The topological polar surface area (TPSA) is 17.1 Å². The first-order valence-corrected chi connectivity index (χ1v) is 12.3. The molecule has 0 radical (unpaired) electrons. The van der Waals surface area contributed by atoms with E-state index in [0.717, 1.165) is 23.5 Å². The van der Waals surface area contributed by atoms with Crippen LogP contribution in [-0.2, 0) is 4.57 Å². The third kappa shape index (κ3) is 6.45. The van der Waals surface area contributed by atoms with Crippen LogP contribution >= 0.6 is 30.3 Å². The molecule has 142 valence electrons. The van der Waals surface area contributed by atoms with Gasteiger partial charge in [-0.05, 0) is 55.0 Å². The third-order valence-corrected chi connectivity index (χ3v) is 8.53. The summed E-state index contributed by atoms with van der Waals surface area (Å²) in [5, 5.41) is 3.10. The lowest BCUT2D eigenvalue weighted by atomic mass is 10.1. The van der Waals surface area contributed by atoms with Crippen LogP contribution in [0.4, 0.5) is 0 Å². The van der Waals surface area contributed by atoms with Gasteiger partial charge in [0.2, 0.25) is 0 Å². The predicted molar refractivity (Wildman–Crippen MR) is 117 cm³/mol. The lowest BCUT2D eigenvalue weighted by Crippen LogP contribution is -2.18. The highest BCUT2D eigenvalue weighted by atomic mass is 35.5. The summed E-state index contributed by atoms with van der Waals surface area (Å²) in [6.07, 6.45) is 10.6. The third-order valence-electron chi connectivity index (χ3n) is 4.81. The van der Waals surface area contributed by atoms with Crippen molar-refractivity contribution in [2.75, 3.05) is 6.16 Å². The molecule has 0 aromatic heterocycles. The Morgan fingerprint density at radius 1 is 0.654 bits per heavy atom. The van der Waals surface area contributed by atoms with E-state index >= 15 is 0 Å². The van der Waals surface area contributed by atoms with Crippen molar-refractivity contribution in [2.45, 2.75) is 58.3 Å². The standard InChI is InChI=1S/C22H29Cl2OP/c1-2-3-4-5-6-7-8-9-18-26(25,21-14-10-19(23)11-15-21)22-16-12-20(24)13-17-22/h10-17H,2-9,18H2,1H3. The molecule has 2 aromatic carbocycles. The van der Waals surface area contributed by atoms with Gasteiger partial charge in [-0.25, -0.2) is 0 Å². The smallest absolute Gasteiger partial charge is 0.143 e. The Morgan fingerprint density at radius 3 is 1.46 bits per heavy atom. The van der Waals surface area contributed by atoms with Crippen LogP contribution in [0, 0.1) is 0 Å². The quantitative estimate of drug-likeness (QED) is 0.277. The first kappa shape index (κ1) is 21.5. The summed E-state index contributed by atoms with van der Waals surface area (Å²) in [7, 11) is -2.65. The maximum atomic E-state index is 13.9. The van der Waals surface area contributed by atoms with Gasteiger partial charge >= 0.3 is 0 Å². The maximum Gasteiger partial charge on any atom is 0.143 e. The largest absolute Gasteiger partial charge is 0.314 e. The van der Waals surface area contributed by atoms with Crippen molar-refractivity contribution in [3.05, 3.63) is 58.6 Å². The van der Waals surface area contributed by atoms with E-state index in [4.69, 9.17) is 23.2 Å². The second kappa shape index (κ2) is 11.2. The Kier molecular flexibility index (Phi) is 9.26. The lowest BCUT2D eigenvalue weighted by Gasteiger charge is -2.19. The normalized spacial score (nSPS) is 11.7. The predicted octanol–water partition coefficient (Wildman–Crippen LogP) is 7.45. The molecule has 0 saturated heterocycles. The molecule has 0 atom stereocenters. The van der Waals surface area contributed by atoms with Gasteiger partial charge in [-0.15, -0.1) is 0 Å². The molecule has 0 aliphatic rings. The van der Waals surface area contributed by atoms with Gasteiger partial charge in [0.1, 0.15) is 7.14 Å². The molecule has 0 spiro atoms. The number of hydrogen-bond donors (Lipinski definition) is 0. The highest BCUT2D eigenvalue weighted by molar-refractivity contribution is 7.78. The summed E-state index contributed by atoms with van der Waals surface area (Å²) in [5.74, 6) is 0. The van der Waals surface area contributed by atoms with Crippen molar-refractivity contribution < 1.29 is 4.57 Å². The summed E-state index contributed by atoms with van der Waals surface area (Å²) in [6, 6.07) is 14.9. The van der Waals surface area contributed by atoms with Crippen LogP contribution in [0.2, 0.25) is 10.0 Å². The van der Waals surface area contributed by atoms with Crippen LogP contribution < -0.4 is 10.6 Å². The van der Waals surface area contributed by atoms with E-state index in [1.54, 1.807) is 0 Å². The molecule has 0 amide bonds. The van der Waals surface area contributed by atoms with E-state index in [1.807, 2.05) is 48.5 Å². The average Bonchev–Trinajstić information content (AvgIpc) is 2.65. The Hall–Kier alpha value is -0.750. The van der Waals surface area contributed by atoms with E-state index in [1.165, 1.54) is 38.5 Å². The van der Waals surface area contributed by atoms with E-state index in [2.05, 4.69) is 6.92 Å². The van der Waals surface area contributed by atoms with Crippen molar-refractivity contribution >= 4 is 41.0 Å². The molecule has 0 aliphatic heterocycles. The van der Waals surface area contributed by atoms with E-state index < -0.39 is 7.14 Å². The van der Waals surface area contributed by atoms with Gasteiger partial charge in [0, 0.05) is 26.8 Å². The molecule has 0 bridgehead atoms. The SMILES string of the molecule is CCCCCCCCCCP(=O)(c1ccc(Cl)cc1)c1ccc(Cl)cc1. The molecule has 26 heavy (non-hydrogen) atoms. The Bertz CT molecular complexity index is 646. The van der Waals surface area contributed by atoms with Gasteiger partial charge in [0.25, 0.3) is 0 Å². The zero-order valence-electron chi connectivity index (χ0n) is 15.6. The van der Waals surface area contributed by atoms with Crippen molar-refractivity contribution in [3.63, 3.8) is 0 Å². The maximum absolute atomic E-state index is 13.9. The second-order valence-corrected chi connectivity index (χ2v) is 10.7. The molecule has 0 heterocycles. The molecule has 2 rings (SSSR count). The van der Waals surface area contributed by atoms with Crippen molar-refractivity contribution in [1.29, 1.82) is 0 Å². The Balaban J connectivity index is 2.01. The van der Waals surface area contributed by atoms with Crippen molar-refractivity contribution in [3.8, 4) is 0 Å². The lowest BCUT2D eigenvalue weighted by molar-refractivity contribution is 0.572. The van der Waals surface area contributed by atoms with Gasteiger partial charge in [0.15, 0.2) is 0 Å². The summed E-state index contributed by atoms with van der Waals surface area (Å²) < 4.78 is 13.9. The van der Waals surface area contributed by atoms with E-state index in [0.29, 0.717) is 16.2 Å². The fraction of sp³-hybridized carbons (Fsp3) is 0.455. The summed E-state index contributed by atoms with van der Waals surface area (Å²) in [6.45, 7) is 2.24. The minimum atomic E-state index is -2.65. The monoisotopic (exact) mass is 410 g/mol. The molecular weight excluding hydrogens is 382 g/mol. The van der Waals surface area contributed by atoms with Crippen LogP contribution in [0.15, 0.2) is 48.5 Å². The molecule has 0 N–H and O–H groups in total. The molecule has 4 heteroatoms. The van der Waals surface area contributed by atoms with Crippen LogP contribution in [-0.4, -0.2) is 6.16 Å². The van der Waals surface area contributed by atoms with E-state index in [9.17, 15) is 4.57 Å². The number of rotatable bonds is 11. The van der Waals surface area contributed by atoms with Crippen LogP contribution in [0.3, 0.4) is 0 Å². The zero-order valence-corrected chi connectivity index (χ0v) is 18.0. The first-order chi connectivity index (χ1) is 12.6. The molecule has 0 saturated carbocycles. The Morgan fingerprint density at radius 2 is 1.04 bits per heavy atom. The van der Waals surface area contributed by atoms with Crippen molar-refractivity contribution in [1.82, 2.24) is 0 Å². The molecule has 0 fully saturated rings. The molecule has 2 aromatic rings. The molecular formula is C22H29Cl2OP. The first-order valence-electron chi connectivity index (χ1n) is 9.67. The van der Waals surface area contributed by atoms with Gasteiger partial charge < -0.3 is 4.57 Å². The number of hydrogen-bond acceptors (Lipinski definition) is 1. The summed E-state index contributed by atoms with van der Waals surface area (Å²) in [5.41, 5.74) is 0. The molecule has 0 aliphatic carbocycles. The molecule has 0 unspecified atom stereocenters. The number of benzene rings is 2. The number of halogens is 2. The van der Waals surface area contributed by atoms with Gasteiger partial charge in [-0.2, -0.15) is 0 Å². The van der Waals surface area contributed by atoms with Gasteiger partial charge in [-0.3, -0.25) is 0 Å². The van der Waals surface area contributed by atoms with Gasteiger partial charge in [0.05, 0.1) is 0 Å². The minimum absolute atomic E-state index is 0.670. The Labute approximate surface area is 168 Å². The van der Waals surface area contributed by atoms with Gasteiger partial charge in [-0.1, -0.05) is 75.1 Å². The fourth-order valence-electron chi connectivity index (χ4n) is 3.24. The fourth-order valence-corrected chi connectivity index (χ4v) is 6.24. The van der Waals surface area contributed by atoms with E-state index in [-0.39, 0.29) is 0 Å². The highest BCUT2D eigenvalue weighted by Gasteiger charge is 2.26. The van der Waals surface area contributed by atoms with Crippen LogP contribution in [0.5, 0.6) is 0 Å². The summed E-state index contributed by atoms with van der Waals surface area (Å²) in [4.78, 5) is 0. The average molecular weight is 411 g/mol. The second-order valence-electron chi connectivity index (χ2n) is 6.89. The van der Waals surface area contributed by atoms with Crippen LogP contribution in [0.25, 0.3) is 0 Å². The van der Waals surface area contributed by atoms with Crippen molar-refractivity contribution in [2.24, 2.45) is 0 Å². The zero-order chi connectivity index (χ0) is 18.8. The van der Waals surface area contributed by atoms with Crippen LogP contribution in [0.1, 0.15) is 58.3 Å².